The SMILES string of the molecule is CCNC(=O)C(Cc1ccccc1)N(Cc1ccccc1F)C(=O)CN(c1ccc(C)cc1)S(C)(=O)=O. The Bertz CT molecular complexity index is 1310. The number of aryl methyl sites for hydroxylation is 1. The van der Waals surface area contributed by atoms with Gasteiger partial charge >= 0.3 is 0 Å². The number of halogens is 1. The van der Waals surface area contributed by atoms with Crippen molar-refractivity contribution < 1.29 is 22.4 Å². The number of nitrogens with one attached hydrogen (secondary N) is 1. The van der Waals surface area contributed by atoms with E-state index in [0.29, 0.717) is 12.2 Å². The van der Waals surface area contributed by atoms with Crippen molar-refractivity contribution in [3.05, 3.63) is 101 Å². The highest BCUT2D eigenvalue weighted by atomic mass is 32.2. The summed E-state index contributed by atoms with van der Waals surface area (Å²) in [5.74, 6) is -1.55. The molecule has 1 N–H and O–H groups in total. The van der Waals surface area contributed by atoms with Gasteiger partial charge < -0.3 is 10.2 Å². The average Bonchev–Trinajstić information content (AvgIpc) is 2.86. The highest BCUT2D eigenvalue weighted by molar-refractivity contribution is 7.92. The number of carbonyl (C=O) groups excluding carboxylic acids is 2. The molecule has 2 amide bonds. The maximum Gasteiger partial charge on any atom is 0.244 e. The van der Waals surface area contributed by atoms with Crippen molar-refractivity contribution >= 4 is 27.5 Å². The van der Waals surface area contributed by atoms with Gasteiger partial charge in [0.05, 0.1) is 11.9 Å². The highest BCUT2D eigenvalue weighted by Crippen LogP contribution is 2.21. The number of nitrogens with zero attached hydrogens (tertiary/aromatic N) is 2. The molecular weight excluding hydrogens is 493 g/mol. The fourth-order valence-corrected chi connectivity index (χ4v) is 4.83. The molecule has 37 heavy (non-hydrogen) atoms. The predicted octanol–water partition coefficient (Wildman–Crippen LogP) is 3.68. The van der Waals surface area contributed by atoms with Gasteiger partial charge in [0.15, 0.2) is 0 Å². The fourth-order valence-electron chi connectivity index (χ4n) is 3.98. The molecule has 0 heterocycles. The van der Waals surface area contributed by atoms with Gasteiger partial charge in [0, 0.05) is 25.1 Å². The van der Waals surface area contributed by atoms with E-state index in [0.717, 1.165) is 21.7 Å². The van der Waals surface area contributed by atoms with Crippen LogP contribution in [0.3, 0.4) is 0 Å². The first-order chi connectivity index (χ1) is 17.6. The third-order valence-corrected chi connectivity index (χ3v) is 7.06. The van der Waals surface area contributed by atoms with Crippen LogP contribution in [-0.2, 0) is 32.6 Å². The second-order valence-corrected chi connectivity index (χ2v) is 10.7. The second kappa shape index (κ2) is 12.5. The van der Waals surface area contributed by atoms with Gasteiger partial charge in [-0.2, -0.15) is 0 Å². The summed E-state index contributed by atoms with van der Waals surface area (Å²) in [6.45, 7) is 3.23. The number of rotatable bonds is 11. The summed E-state index contributed by atoms with van der Waals surface area (Å²) in [7, 11) is -3.84. The van der Waals surface area contributed by atoms with Crippen molar-refractivity contribution in [3.63, 3.8) is 0 Å². The monoisotopic (exact) mass is 525 g/mol. The lowest BCUT2D eigenvalue weighted by molar-refractivity contribution is -0.140. The lowest BCUT2D eigenvalue weighted by Gasteiger charge is -2.33. The molecule has 0 spiro atoms. The minimum atomic E-state index is -3.84. The molecule has 0 aliphatic heterocycles. The van der Waals surface area contributed by atoms with Crippen molar-refractivity contribution in [2.24, 2.45) is 0 Å². The molecule has 0 aliphatic carbocycles. The van der Waals surface area contributed by atoms with E-state index in [1.54, 1.807) is 49.4 Å². The van der Waals surface area contributed by atoms with E-state index in [1.807, 2.05) is 37.3 Å². The minimum absolute atomic E-state index is 0.177. The number of likely N-dealkylation sites (N-methyl/N-ethyl adjacent to an activating group) is 1. The molecule has 3 aromatic carbocycles. The van der Waals surface area contributed by atoms with Gasteiger partial charge in [0.2, 0.25) is 21.8 Å². The molecule has 196 valence electrons. The van der Waals surface area contributed by atoms with Crippen LogP contribution in [-0.4, -0.2) is 50.5 Å². The van der Waals surface area contributed by atoms with E-state index in [2.05, 4.69) is 5.32 Å². The lowest BCUT2D eigenvalue weighted by Crippen LogP contribution is -2.53. The van der Waals surface area contributed by atoms with E-state index in [4.69, 9.17) is 0 Å². The van der Waals surface area contributed by atoms with Crippen molar-refractivity contribution in [2.75, 3.05) is 23.7 Å². The molecule has 3 aromatic rings. The quantitative estimate of drug-likeness (QED) is 0.414. The van der Waals surface area contributed by atoms with Crippen molar-refractivity contribution in [1.29, 1.82) is 0 Å². The number of carbonyl (C=O) groups is 2. The van der Waals surface area contributed by atoms with E-state index in [-0.39, 0.29) is 18.5 Å². The Balaban J connectivity index is 2.04. The summed E-state index contributed by atoms with van der Waals surface area (Å²) in [6.07, 6.45) is 1.20. The van der Waals surface area contributed by atoms with Gasteiger partial charge in [0.1, 0.15) is 18.4 Å². The van der Waals surface area contributed by atoms with Crippen molar-refractivity contribution in [3.8, 4) is 0 Å². The zero-order valence-electron chi connectivity index (χ0n) is 21.2. The maximum atomic E-state index is 14.7. The Morgan fingerprint density at radius 3 is 2.16 bits per heavy atom. The molecule has 0 bridgehead atoms. The predicted molar refractivity (Wildman–Crippen MR) is 143 cm³/mol. The van der Waals surface area contributed by atoms with Crippen LogP contribution in [0, 0.1) is 12.7 Å². The number of sulfonamides is 1. The molecule has 0 aliphatic rings. The van der Waals surface area contributed by atoms with Crippen LogP contribution < -0.4 is 9.62 Å². The van der Waals surface area contributed by atoms with Crippen molar-refractivity contribution in [1.82, 2.24) is 10.2 Å². The second-order valence-electron chi connectivity index (χ2n) is 8.82. The lowest BCUT2D eigenvalue weighted by atomic mass is 10.0. The molecule has 1 atom stereocenters. The Morgan fingerprint density at radius 2 is 1.57 bits per heavy atom. The molecule has 0 aromatic heterocycles. The largest absolute Gasteiger partial charge is 0.355 e. The van der Waals surface area contributed by atoms with Crippen LogP contribution in [0.15, 0.2) is 78.9 Å². The highest BCUT2D eigenvalue weighted by Gasteiger charge is 2.33. The molecule has 7 nitrogen and oxygen atoms in total. The molecule has 0 radical (unpaired) electrons. The van der Waals surface area contributed by atoms with E-state index in [1.165, 1.54) is 11.0 Å². The first-order valence-corrected chi connectivity index (χ1v) is 13.8. The summed E-state index contributed by atoms with van der Waals surface area (Å²) in [6, 6.07) is 21.0. The summed E-state index contributed by atoms with van der Waals surface area (Å²) in [4.78, 5) is 28.3. The Kier molecular flexibility index (Phi) is 9.41. The topological polar surface area (TPSA) is 86.8 Å². The van der Waals surface area contributed by atoms with Gasteiger partial charge in [-0.25, -0.2) is 12.8 Å². The fraction of sp³-hybridized carbons (Fsp3) is 0.286. The molecule has 3 rings (SSSR count). The Labute approximate surface area is 218 Å². The van der Waals surface area contributed by atoms with Crippen LogP contribution >= 0.6 is 0 Å². The Morgan fingerprint density at radius 1 is 0.946 bits per heavy atom. The zero-order chi connectivity index (χ0) is 27.0. The number of benzene rings is 3. The van der Waals surface area contributed by atoms with Gasteiger partial charge in [0.25, 0.3) is 0 Å². The van der Waals surface area contributed by atoms with Gasteiger partial charge in [-0.05, 0) is 37.6 Å². The number of hydrogen-bond donors (Lipinski definition) is 1. The zero-order valence-corrected chi connectivity index (χ0v) is 22.0. The number of anilines is 1. The molecule has 0 fully saturated rings. The summed E-state index contributed by atoms with van der Waals surface area (Å²) < 4.78 is 41.1. The summed E-state index contributed by atoms with van der Waals surface area (Å²) in [5.41, 5.74) is 2.29. The normalized spacial score (nSPS) is 12.0. The van der Waals surface area contributed by atoms with E-state index in [9.17, 15) is 22.4 Å². The van der Waals surface area contributed by atoms with Crippen LogP contribution in [0.1, 0.15) is 23.6 Å². The van der Waals surface area contributed by atoms with E-state index < -0.39 is 40.2 Å². The third kappa shape index (κ3) is 7.63. The molecule has 1 unspecified atom stereocenters. The van der Waals surface area contributed by atoms with Crippen LogP contribution in [0.25, 0.3) is 0 Å². The maximum absolute atomic E-state index is 14.7. The molecule has 0 saturated carbocycles. The van der Waals surface area contributed by atoms with Crippen LogP contribution in [0.5, 0.6) is 0 Å². The van der Waals surface area contributed by atoms with Crippen molar-refractivity contribution in [2.45, 2.75) is 32.9 Å². The first kappa shape index (κ1) is 27.9. The molecule has 9 heteroatoms. The molecule has 0 saturated heterocycles. The number of hydrogen-bond acceptors (Lipinski definition) is 4. The van der Waals surface area contributed by atoms with Crippen LogP contribution in [0.4, 0.5) is 10.1 Å². The van der Waals surface area contributed by atoms with Gasteiger partial charge in [-0.3, -0.25) is 13.9 Å². The standard InChI is InChI=1S/C28H32FN3O4S/c1-4-30-28(34)26(18-22-10-6-5-7-11-22)31(19-23-12-8-9-13-25(23)29)27(33)20-32(37(3,35)36)24-16-14-21(2)15-17-24/h5-17,26H,4,18-20H2,1-3H3,(H,30,34). The third-order valence-electron chi connectivity index (χ3n) is 5.92. The molecular formula is C28H32FN3O4S. The Hall–Kier alpha value is -3.72. The average molecular weight is 526 g/mol. The number of amides is 2. The van der Waals surface area contributed by atoms with E-state index >= 15 is 0 Å². The van der Waals surface area contributed by atoms with Gasteiger partial charge in [-0.15, -0.1) is 0 Å². The smallest absolute Gasteiger partial charge is 0.244 e. The minimum Gasteiger partial charge on any atom is -0.355 e. The summed E-state index contributed by atoms with van der Waals surface area (Å²) >= 11 is 0. The first-order valence-electron chi connectivity index (χ1n) is 12.0. The summed E-state index contributed by atoms with van der Waals surface area (Å²) in [5, 5.41) is 2.76. The van der Waals surface area contributed by atoms with Crippen LogP contribution in [0.2, 0.25) is 0 Å². The van der Waals surface area contributed by atoms with Gasteiger partial charge in [-0.1, -0.05) is 66.2 Å².